The Morgan fingerprint density at radius 1 is 1.25 bits per heavy atom. The Labute approximate surface area is 144 Å². The van der Waals surface area contributed by atoms with Crippen molar-refractivity contribution in [2.24, 2.45) is 5.92 Å². The summed E-state index contributed by atoms with van der Waals surface area (Å²) in [6, 6.07) is 6.01. The number of hydrogen-bond donors (Lipinski definition) is 0. The van der Waals surface area contributed by atoms with Crippen molar-refractivity contribution in [3.63, 3.8) is 0 Å². The zero-order chi connectivity index (χ0) is 17.7. The molecule has 0 fully saturated rings. The van der Waals surface area contributed by atoms with E-state index < -0.39 is 0 Å². The maximum absolute atomic E-state index is 12.5. The molecule has 1 heterocycles. The molecule has 2 rings (SSSR count). The predicted octanol–water partition coefficient (Wildman–Crippen LogP) is 4.96. The van der Waals surface area contributed by atoms with Gasteiger partial charge in [0.25, 0.3) is 0 Å². The maximum Gasteiger partial charge on any atom is 0.340 e. The monoisotopic (exact) mass is 331 g/mol. The van der Waals surface area contributed by atoms with Crippen LogP contribution in [0.5, 0.6) is 5.75 Å². The highest BCUT2D eigenvalue weighted by Crippen LogP contribution is 2.30. The average Bonchev–Trinajstić information content (AvgIpc) is 2.82. The van der Waals surface area contributed by atoms with Crippen molar-refractivity contribution in [2.45, 2.75) is 54.0 Å². The molecule has 0 aliphatic carbocycles. The van der Waals surface area contributed by atoms with E-state index in [0.717, 1.165) is 41.7 Å². The third kappa shape index (κ3) is 3.92. The van der Waals surface area contributed by atoms with Gasteiger partial charge in [0.1, 0.15) is 5.75 Å². The van der Waals surface area contributed by atoms with E-state index in [-0.39, 0.29) is 5.97 Å². The highest BCUT2D eigenvalue weighted by molar-refractivity contribution is 6.06. The van der Waals surface area contributed by atoms with E-state index in [9.17, 15) is 4.79 Å². The Morgan fingerprint density at radius 3 is 2.62 bits per heavy atom. The molecule has 0 aliphatic heterocycles. The van der Waals surface area contributed by atoms with Gasteiger partial charge in [0.15, 0.2) is 0 Å². The van der Waals surface area contributed by atoms with E-state index >= 15 is 0 Å². The number of nitrogens with zero attached hydrogens (tertiary/aromatic N) is 1. The number of aryl methyl sites for hydroxylation is 1. The summed E-state index contributed by atoms with van der Waals surface area (Å²) in [6.07, 6.45) is 2.20. The molecule has 0 N–H and O–H groups in total. The molecule has 0 unspecified atom stereocenters. The summed E-state index contributed by atoms with van der Waals surface area (Å²) >= 11 is 0. The Balaban J connectivity index is 2.51. The second-order valence-corrected chi connectivity index (χ2v) is 6.57. The van der Waals surface area contributed by atoms with Crippen molar-refractivity contribution < 1.29 is 14.3 Å². The highest BCUT2D eigenvalue weighted by Gasteiger charge is 2.21. The number of ether oxygens (including phenoxy) is 2. The molecule has 132 valence electrons. The minimum absolute atomic E-state index is 0.253. The third-order valence-corrected chi connectivity index (χ3v) is 4.09. The maximum atomic E-state index is 12.5. The SMILES string of the molecule is CCCCn1c(C)c(C(=O)OCC)c2cc(OCC(C)C)ccc21. The van der Waals surface area contributed by atoms with Gasteiger partial charge >= 0.3 is 5.97 Å². The fraction of sp³-hybridized carbons (Fsp3) is 0.550. The predicted molar refractivity (Wildman–Crippen MR) is 97.9 cm³/mol. The molecular weight excluding hydrogens is 302 g/mol. The van der Waals surface area contributed by atoms with Gasteiger partial charge in [-0.05, 0) is 44.4 Å². The van der Waals surface area contributed by atoms with E-state index in [1.165, 1.54) is 0 Å². The van der Waals surface area contributed by atoms with Crippen LogP contribution in [0.25, 0.3) is 10.9 Å². The lowest BCUT2D eigenvalue weighted by Gasteiger charge is -2.10. The van der Waals surface area contributed by atoms with Gasteiger partial charge in [-0.25, -0.2) is 4.79 Å². The van der Waals surface area contributed by atoms with Crippen LogP contribution < -0.4 is 4.74 Å². The second-order valence-electron chi connectivity index (χ2n) is 6.57. The number of unbranched alkanes of at least 4 members (excludes halogenated alkanes) is 1. The van der Waals surface area contributed by atoms with Gasteiger partial charge in [0, 0.05) is 23.1 Å². The lowest BCUT2D eigenvalue weighted by atomic mass is 10.1. The zero-order valence-corrected chi connectivity index (χ0v) is 15.5. The number of rotatable bonds is 8. The van der Waals surface area contributed by atoms with Crippen LogP contribution in [0.1, 0.15) is 56.6 Å². The average molecular weight is 331 g/mol. The Hall–Kier alpha value is -1.97. The first-order valence-electron chi connectivity index (χ1n) is 8.92. The lowest BCUT2D eigenvalue weighted by molar-refractivity contribution is 0.0527. The topological polar surface area (TPSA) is 40.5 Å². The van der Waals surface area contributed by atoms with Gasteiger partial charge in [-0.2, -0.15) is 0 Å². The van der Waals surface area contributed by atoms with Crippen LogP contribution in [-0.2, 0) is 11.3 Å². The van der Waals surface area contributed by atoms with Crippen molar-refractivity contribution in [2.75, 3.05) is 13.2 Å². The van der Waals surface area contributed by atoms with E-state index in [1.807, 2.05) is 26.0 Å². The van der Waals surface area contributed by atoms with Gasteiger partial charge < -0.3 is 14.0 Å². The first-order valence-corrected chi connectivity index (χ1v) is 8.92. The minimum atomic E-state index is -0.253. The highest BCUT2D eigenvalue weighted by atomic mass is 16.5. The molecule has 0 bridgehead atoms. The Bertz CT molecular complexity index is 700. The van der Waals surface area contributed by atoms with Crippen LogP contribution in [0.15, 0.2) is 18.2 Å². The van der Waals surface area contributed by atoms with Crippen molar-refractivity contribution >= 4 is 16.9 Å². The first kappa shape index (κ1) is 18.4. The molecule has 4 heteroatoms. The van der Waals surface area contributed by atoms with E-state index in [4.69, 9.17) is 9.47 Å². The quantitative estimate of drug-likeness (QED) is 0.642. The van der Waals surface area contributed by atoms with Crippen molar-refractivity contribution in [1.82, 2.24) is 4.57 Å². The molecular formula is C20H29NO3. The zero-order valence-electron chi connectivity index (χ0n) is 15.5. The summed E-state index contributed by atoms with van der Waals surface area (Å²) in [6.45, 7) is 12.2. The van der Waals surface area contributed by atoms with Gasteiger partial charge in [-0.1, -0.05) is 27.2 Å². The minimum Gasteiger partial charge on any atom is -0.493 e. The normalized spacial score (nSPS) is 11.2. The van der Waals surface area contributed by atoms with Crippen LogP contribution in [0.4, 0.5) is 0 Å². The van der Waals surface area contributed by atoms with Crippen LogP contribution in [-0.4, -0.2) is 23.8 Å². The smallest absolute Gasteiger partial charge is 0.340 e. The molecule has 0 saturated carbocycles. The fourth-order valence-corrected chi connectivity index (χ4v) is 2.88. The third-order valence-electron chi connectivity index (χ3n) is 4.09. The van der Waals surface area contributed by atoms with Crippen LogP contribution in [0, 0.1) is 12.8 Å². The van der Waals surface area contributed by atoms with Crippen LogP contribution in [0.2, 0.25) is 0 Å². The lowest BCUT2D eigenvalue weighted by Crippen LogP contribution is -2.07. The Kier molecular flexibility index (Phi) is 6.29. The van der Waals surface area contributed by atoms with Gasteiger partial charge in [-0.3, -0.25) is 0 Å². The summed E-state index contributed by atoms with van der Waals surface area (Å²) in [5.41, 5.74) is 2.71. The molecule has 0 radical (unpaired) electrons. The van der Waals surface area contributed by atoms with Gasteiger partial charge in [0.2, 0.25) is 0 Å². The number of esters is 1. The van der Waals surface area contributed by atoms with Crippen molar-refractivity contribution in [3.8, 4) is 5.75 Å². The number of fused-ring (bicyclic) bond motifs is 1. The van der Waals surface area contributed by atoms with Crippen LogP contribution >= 0.6 is 0 Å². The van der Waals surface area contributed by atoms with Crippen LogP contribution in [0.3, 0.4) is 0 Å². The van der Waals surface area contributed by atoms with Gasteiger partial charge in [0.05, 0.1) is 18.8 Å². The summed E-state index contributed by atoms with van der Waals surface area (Å²) < 4.78 is 13.3. The first-order chi connectivity index (χ1) is 11.5. The van der Waals surface area contributed by atoms with Gasteiger partial charge in [-0.15, -0.1) is 0 Å². The van der Waals surface area contributed by atoms with Crippen molar-refractivity contribution in [1.29, 1.82) is 0 Å². The molecule has 1 aromatic heterocycles. The van der Waals surface area contributed by atoms with E-state index in [2.05, 4.69) is 31.4 Å². The molecule has 24 heavy (non-hydrogen) atoms. The summed E-state index contributed by atoms with van der Waals surface area (Å²) in [4.78, 5) is 12.5. The van der Waals surface area contributed by atoms with E-state index in [0.29, 0.717) is 24.7 Å². The Morgan fingerprint density at radius 2 is 2.00 bits per heavy atom. The number of carbonyl (C=O) groups excluding carboxylic acids is 1. The molecule has 0 aliphatic rings. The number of benzene rings is 1. The molecule has 0 atom stereocenters. The molecule has 0 spiro atoms. The number of aromatic nitrogens is 1. The molecule has 0 saturated heterocycles. The van der Waals surface area contributed by atoms with Crippen molar-refractivity contribution in [3.05, 3.63) is 29.5 Å². The fourth-order valence-electron chi connectivity index (χ4n) is 2.88. The largest absolute Gasteiger partial charge is 0.493 e. The summed E-state index contributed by atoms with van der Waals surface area (Å²) in [7, 11) is 0. The molecule has 4 nitrogen and oxygen atoms in total. The molecule has 1 aromatic carbocycles. The van der Waals surface area contributed by atoms with E-state index in [1.54, 1.807) is 0 Å². The number of hydrogen-bond acceptors (Lipinski definition) is 3. The molecule has 2 aromatic rings. The summed E-state index contributed by atoms with van der Waals surface area (Å²) in [5.74, 6) is 1.01. The second kappa shape index (κ2) is 8.22. The standard InChI is InChI=1S/C20H29NO3/c1-6-8-11-21-15(5)19(20(22)23-7-2)17-12-16(9-10-18(17)21)24-13-14(3)4/h9-10,12,14H,6-8,11,13H2,1-5H3. The summed E-state index contributed by atoms with van der Waals surface area (Å²) in [5, 5.41) is 0.920. The molecule has 0 amide bonds. The number of carbonyl (C=O) groups is 1.